The number of ether oxygens (including phenoxy) is 1. The van der Waals surface area contributed by atoms with E-state index >= 15 is 0 Å². The average molecular weight is 225 g/mol. The van der Waals surface area contributed by atoms with Crippen LogP contribution in [0, 0.1) is 0 Å². The van der Waals surface area contributed by atoms with Crippen LogP contribution in [0.3, 0.4) is 0 Å². The molecular weight excluding hydrogens is 206 g/mol. The summed E-state index contributed by atoms with van der Waals surface area (Å²) in [7, 11) is 0. The van der Waals surface area contributed by atoms with Crippen LogP contribution in [0.15, 0.2) is 10.6 Å². The summed E-state index contributed by atoms with van der Waals surface area (Å²) in [5.74, 6) is 1.24. The van der Waals surface area contributed by atoms with Gasteiger partial charge in [0.25, 0.3) is 0 Å². The lowest BCUT2D eigenvalue weighted by Crippen LogP contribution is -2.50. The van der Waals surface area contributed by atoms with E-state index in [2.05, 4.69) is 30.8 Å². The molecule has 1 aromatic heterocycles. The Morgan fingerprint density at radius 1 is 1.56 bits per heavy atom. The molecule has 1 aromatic rings. The van der Waals surface area contributed by atoms with Gasteiger partial charge in [-0.3, -0.25) is 4.90 Å². The van der Waals surface area contributed by atoms with E-state index in [9.17, 15) is 0 Å². The summed E-state index contributed by atoms with van der Waals surface area (Å²) in [4.78, 5) is 2.33. The minimum absolute atomic E-state index is 0.192. The Hall–Kier alpha value is -1.07. The molecule has 16 heavy (non-hydrogen) atoms. The first-order chi connectivity index (χ1) is 7.50. The molecule has 1 aliphatic heterocycles. The molecule has 0 aromatic carbocycles. The van der Waals surface area contributed by atoms with Crippen LogP contribution in [0.2, 0.25) is 0 Å². The van der Waals surface area contributed by atoms with E-state index in [0.29, 0.717) is 5.82 Å². The molecule has 2 heterocycles. The van der Waals surface area contributed by atoms with E-state index in [0.717, 1.165) is 25.5 Å². The van der Waals surface area contributed by atoms with Gasteiger partial charge in [0, 0.05) is 19.2 Å². The third-order valence-corrected chi connectivity index (χ3v) is 3.16. The zero-order valence-corrected chi connectivity index (χ0v) is 10.1. The number of aromatic nitrogens is 1. The minimum atomic E-state index is -0.192. The van der Waals surface area contributed by atoms with Crippen LogP contribution >= 0.6 is 0 Å². The summed E-state index contributed by atoms with van der Waals surface area (Å²) in [6, 6.07) is 1.79. The van der Waals surface area contributed by atoms with Gasteiger partial charge in [-0.05, 0) is 20.8 Å². The van der Waals surface area contributed by atoms with E-state index in [1.165, 1.54) is 0 Å². The first-order valence-corrected chi connectivity index (χ1v) is 5.59. The van der Waals surface area contributed by atoms with Crippen molar-refractivity contribution in [2.75, 3.05) is 25.4 Å². The lowest BCUT2D eigenvalue weighted by Gasteiger charge is -2.41. The van der Waals surface area contributed by atoms with Crippen LogP contribution in [0.5, 0.6) is 0 Å². The number of nitrogen functional groups attached to an aromatic ring is 1. The maximum Gasteiger partial charge on any atom is 0.167 e. The summed E-state index contributed by atoms with van der Waals surface area (Å²) < 4.78 is 10.8. The Balaban J connectivity index is 2.17. The number of nitrogens with zero attached hydrogens (tertiary/aromatic N) is 2. The molecule has 1 aliphatic rings. The van der Waals surface area contributed by atoms with Gasteiger partial charge < -0.3 is 15.0 Å². The average Bonchev–Trinajstić information content (AvgIpc) is 2.65. The van der Waals surface area contributed by atoms with E-state index in [1.54, 1.807) is 6.07 Å². The highest BCUT2D eigenvalue weighted by atomic mass is 16.5. The minimum Gasteiger partial charge on any atom is -0.381 e. The van der Waals surface area contributed by atoms with Gasteiger partial charge in [-0.15, -0.1) is 0 Å². The topological polar surface area (TPSA) is 64.5 Å². The van der Waals surface area contributed by atoms with Crippen molar-refractivity contribution in [2.45, 2.75) is 32.4 Å². The van der Waals surface area contributed by atoms with E-state index < -0.39 is 0 Å². The van der Waals surface area contributed by atoms with Gasteiger partial charge >= 0.3 is 0 Å². The van der Waals surface area contributed by atoms with E-state index in [1.807, 2.05) is 0 Å². The van der Waals surface area contributed by atoms with E-state index in [-0.39, 0.29) is 11.6 Å². The summed E-state index contributed by atoms with van der Waals surface area (Å²) in [6.07, 6.45) is 0.258. The maximum atomic E-state index is 5.58. The number of hydrogen-bond acceptors (Lipinski definition) is 5. The second-order valence-electron chi connectivity index (χ2n) is 4.80. The summed E-state index contributed by atoms with van der Waals surface area (Å²) in [5, 5.41) is 3.74. The molecule has 0 bridgehead atoms. The highest BCUT2D eigenvalue weighted by Crippen LogP contribution is 2.30. The van der Waals surface area contributed by atoms with Gasteiger partial charge in [-0.25, -0.2) is 0 Å². The van der Waals surface area contributed by atoms with Gasteiger partial charge in [0.05, 0.1) is 18.2 Å². The molecule has 0 amide bonds. The zero-order valence-electron chi connectivity index (χ0n) is 10.1. The zero-order chi connectivity index (χ0) is 11.8. The standard InChI is InChI=1S/C11H19N3O2/c1-8-7-14(4-5-15-8)11(2,3)9-6-10(12)13-16-9/h6,8H,4-5,7H2,1-3H3,(H2,12,13). The number of nitrogens with two attached hydrogens (primary N) is 1. The highest BCUT2D eigenvalue weighted by molar-refractivity contribution is 5.29. The van der Waals surface area contributed by atoms with Crippen molar-refractivity contribution in [3.8, 4) is 0 Å². The van der Waals surface area contributed by atoms with Crippen molar-refractivity contribution in [3.05, 3.63) is 11.8 Å². The van der Waals surface area contributed by atoms with Crippen LogP contribution in [0.4, 0.5) is 5.82 Å². The molecular formula is C11H19N3O2. The van der Waals surface area contributed by atoms with Crippen LogP contribution in [0.25, 0.3) is 0 Å². The number of anilines is 1. The first kappa shape index (κ1) is 11.4. The molecule has 0 saturated carbocycles. The van der Waals surface area contributed by atoms with Gasteiger partial charge in [0.1, 0.15) is 0 Å². The highest BCUT2D eigenvalue weighted by Gasteiger charge is 2.35. The Morgan fingerprint density at radius 3 is 2.88 bits per heavy atom. The SMILES string of the molecule is CC1CN(C(C)(C)c2cc(N)no2)CCO1. The number of morpholine rings is 1. The van der Waals surface area contributed by atoms with Gasteiger partial charge in [0.2, 0.25) is 0 Å². The molecule has 1 saturated heterocycles. The second-order valence-corrected chi connectivity index (χ2v) is 4.80. The van der Waals surface area contributed by atoms with Crippen molar-refractivity contribution in [3.63, 3.8) is 0 Å². The normalized spacial score (nSPS) is 23.6. The Morgan fingerprint density at radius 2 is 2.31 bits per heavy atom. The summed E-state index contributed by atoms with van der Waals surface area (Å²) in [6.45, 7) is 8.87. The van der Waals surface area contributed by atoms with Crippen molar-refractivity contribution < 1.29 is 9.26 Å². The molecule has 1 unspecified atom stereocenters. The Bertz CT molecular complexity index is 362. The van der Waals surface area contributed by atoms with Crippen LogP contribution < -0.4 is 5.73 Å². The largest absolute Gasteiger partial charge is 0.381 e. The third kappa shape index (κ3) is 2.05. The molecule has 1 atom stereocenters. The molecule has 0 spiro atoms. The number of rotatable bonds is 2. The van der Waals surface area contributed by atoms with Crippen molar-refractivity contribution in [2.24, 2.45) is 0 Å². The quantitative estimate of drug-likeness (QED) is 0.819. The smallest absolute Gasteiger partial charge is 0.167 e. The van der Waals surface area contributed by atoms with Crippen LogP contribution in [0.1, 0.15) is 26.5 Å². The second kappa shape index (κ2) is 4.07. The predicted molar refractivity (Wildman–Crippen MR) is 60.9 cm³/mol. The fraction of sp³-hybridized carbons (Fsp3) is 0.727. The molecule has 90 valence electrons. The van der Waals surface area contributed by atoms with Gasteiger partial charge in [-0.2, -0.15) is 0 Å². The summed E-state index contributed by atoms with van der Waals surface area (Å²) in [5.41, 5.74) is 5.39. The maximum absolute atomic E-state index is 5.58. The lowest BCUT2D eigenvalue weighted by atomic mass is 9.98. The predicted octanol–water partition coefficient (Wildman–Crippen LogP) is 1.21. The third-order valence-electron chi connectivity index (χ3n) is 3.16. The van der Waals surface area contributed by atoms with Crippen molar-refractivity contribution in [1.82, 2.24) is 10.1 Å². The molecule has 5 nitrogen and oxygen atoms in total. The molecule has 2 N–H and O–H groups in total. The first-order valence-electron chi connectivity index (χ1n) is 5.59. The van der Waals surface area contributed by atoms with Crippen molar-refractivity contribution >= 4 is 5.82 Å². The van der Waals surface area contributed by atoms with Gasteiger partial charge in [-0.1, -0.05) is 5.16 Å². The molecule has 2 rings (SSSR count). The molecule has 0 radical (unpaired) electrons. The Kier molecular flexibility index (Phi) is 2.90. The van der Waals surface area contributed by atoms with Crippen LogP contribution in [-0.4, -0.2) is 35.9 Å². The summed E-state index contributed by atoms with van der Waals surface area (Å²) >= 11 is 0. The monoisotopic (exact) mass is 225 g/mol. The molecule has 0 aliphatic carbocycles. The molecule has 5 heteroatoms. The number of hydrogen-bond donors (Lipinski definition) is 1. The lowest BCUT2D eigenvalue weighted by molar-refractivity contribution is -0.0614. The molecule has 1 fully saturated rings. The fourth-order valence-electron chi connectivity index (χ4n) is 2.06. The van der Waals surface area contributed by atoms with Crippen LogP contribution in [-0.2, 0) is 10.3 Å². The van der Waals surface area contributed by atoms with Crippen molar-refractivity contribution in [1.29, 1.82) is 0 Å². The Labute approximate surface area is 95.5 Å². The fourth-order valence-corrected chi connectivity index (χ4v) is 2.06. The van der Waals surface area contributed by atoms with E-state index in [4.69, 9.17) is 15.0 Å². The van der Waals surface area contributed by atoms with Gasteiger partial charge in [0.15, 0.2) is 11.6 Å².